The summed E-state index contributed by atoms with van der Waals surface area (Å²) in [4.78, 5) is 0. The minimum absolute atomic E-state index is 0.984. The molecule has 0 bridgehead atoms. The summed E-state index contributed by atoms with van der Waals surface area (Å²) >= 11 is 0. The summed E-state index contributed by atoms with van der Waals surface area (Å²) in [6, 6.07) is 0. The molecule has 0 saturated carbocycles. The molecule has 1 unspecified atom stereocenters. The SMILES string of the molecule is [CH2]CCCC(CC)CCCCCCCC. The van der Waals surface area contributed by atoms with E-state index in [4.69, 9.17) is 0 Å². The molecular formula is C15H31. The van der Waals surface area contributed by atoms with E-state index < -0.39 is 0 Å². The van der Waals surface area contributed by atoms with E-state index >= 15 is 0 Å². The van der Waals surface area contributed by atoms with Crippen LogP contribution in [-0.4, -0.2) is 0 Å². The molecule has 0 aliphatic rings. The molecule has 1 radical (unpaired) electrons. The first kappa shape index (κ1) is 15.0. The van der Waals surface area contributed by atoms with Gasteiger partial charge in [-0.2, -0.15) is 0 Å². The Bertz CT molecular complexity index is 107. The number of rotatable bonds is 11. The molecule has 0 nitrogen and oxygen atoms in total. The van der Waals surface area contributed by atoms with E-state index in [1.54, 1.807) is 0 Å². The summed E-state index contributed by atoms with van der Waals surface area (Å²) in [7, 11) is 0. The Morgan fingerprint density at radius 3 is 2.00 bits per heavy atom. The van der Waals surface area contributed by atoms with Crippen molar-refractivity contribution < 1.29 is 0 Å². The molecule has 0 aromatic carbocycles. The highest BCUT2D eigenvalue weighted by Crippen LogP contribution is 2.20. The highest BCUT2D eigenvalue weighted by atomic mass is 14.1. The van der Waals surface area contributed by atoms with Crippen LogP contribution < -0.4 is 0 Å². The van der Waals surface area contributed by atoms with Crippen molar-refractivity contribution in [2.75, 3.05) is 0 Å². The average molecular weight is 211 g/mol. The van der Waals surface area contributed by atoms with Crippen LogP contribution in [0.15, 0.2) is 0 Å². The molecule has 0 heterocycles. The molecule has 1 atom stereocenters. The van der Waals surface area contributed by atoms with Gasteiger partial charge in [0.05, 0.1) is 0 Å². The van der Waals surface area contributed by atoms with Gasteiger partial charge >= 0.3 is 0 Å². The van der Waals surface area contributed by atoms with Crippen LogP contribution in [0, 0.1) is 12.8 Å². The van der Waals surface area contributed by atoms with Gasteiger partial charge in [0.1, 0.15) is 0 Å². The van der Waals surface area contributed by atoms with Gasteiger partial charge in [0, 0.05) is 0 Å². The van der Waals surface area contributed by atoms with E-state index in [2.05, 4.69) is 20.8 Å². The third kappa shape index (κ3) is 10.3. The normalized spacial score (nSPS) is 13.0. The number of unbranched alkanes of at least 4 members (excludes halogenated alkanes) is 6. The predicted octanol–water partition coefficient (Wildman–Crippen LogP) is 5.77. The van der Waals surface area contributed by atoms with Crippen LogP contribution in [0.5, 0.6) is 0 Å². The second-order valence-electron chi connectivity index (χ2n) is 4.83. The first-order valence-electron chi connectivity index (χ1n) is 7.14. The Balaban J connectivity index is 3.22. The standard InChI is InChI=1S/C15H31/c1-4-7-9-10-11-12-14-15(6-3)13-8-5-2/h15H,2,4-14H2,1,3H3. The Kier molecular flexibility index (Phi) is 12.1. The molecule has 0 aliphatic heterocycles. The summed E-state index contributed by atoms with van der Waals surface area (Å²) < 4.78 is 0. The Morgan fingerprint density at radius 1 is 0.800 bits per heavy atom. The fourth-order valence-corrected chi connectivity index (χ4v) is 2.20. The summed E-state index contributed by atoms with van der Waals surface area (Å²) in [5.41, 5.74) is 0. The molecule has 0 aromatic rings. The van der Waals surface area contributed by atoms with Gasteiger partial charge < -0.3 is 0 Å². The molecule has 0 aliphatic carbocycles. The highest BCUT2D eigenvalue weighted by Gasteiger charge is 2.04. The molecule has 0 aromatic heterocycles. The van der Waals surface area contributed by atoms with Gasteiger partial charge in [-0.1, -0.05) is 91.4 Å². The predicted molar refractivity (Wildman–Crippen MR) is 71.0 cm³/mol. The van der Waals surface area contributed by atoms with Crippen LogP contribution in [-0.2, 0) is 0 Å². The Labute approximate surface area is 97.8 Å². The molecule has 0 fully saturated rings. The quantitative estimate of drug-likeness (QED) is 0.381. The van der Waals surface area contributed by atoms with E-state index in [1.807, 2.05) is 0 Å². The van der Waals surface area contributed by atoms with Crippen LogP contribution in [0.4, 0.5) is 0 Å². The van der Waals surface area contributed by atoms with Gasteiger partial charge in [-0.3, -0.25) is 0 Å². The van der Waals surface area contributed by atoms with Gasteiger partial charge in [-0.15, -0.1) is 0 Å². The maximum atomic E-state index is 3.92. The van der Waals surface area contributed by atoms with Crippen molar-refractivity contribution in [3.63, 3.8) is 0 Å². The molecule has 0 heteroatoms. The third-order valence-electron chi connectivity index (χ3n) is 3.41. The highest BCUT2D eigenvalue weighted by molar-refractivity contribution is 4.59. The van der Waals surface area contributed by atoms with Crippen molar-refractivity contribution in [1.29, 1.82) is 0 Å². The molecule has 0 spiro atoms. The summed E-state index contributed by atoms with van der Waals surface area (Å²) in [6.07, 6.45) is 15.3. The molecule has 91 valence electrons. The number of hydrogen-bond acceptors (Lipinski definition) is 0. The minimum atomic E-state index is 0.984. The average Bonchev–Trinajstić information content (AvgIpc) is 2.27. The Morgan fingerprint density at radius 2 is 1.40 bits per heavy atom. The molecule has 0 rings (SSSR count). The van der Waals surface area contributed by atoms with Crippen molar-refractivity contribution in [2.24, 2.45) is 5.92 Å². The molecule has 0 amide bonds. The van der Waals surface area contributed by atoms with Crippen molar-refractivity contribution in [2.45, 2.75) is 84.5 Å². The van der Waals surface area contributed by atoms with E-state index in [0.717, 1.165) is 12.3 Å². The van der Waals surface area contributed by atoms with Gasteiger partial charge in [0.2, 0.25) is 0 Å². The second-order valence-corrected chi connectivity index (χ2v) is 4.83. The lowest BCUT2D eigenvalue weighted by Gasteiger charge is -2.13. The van der Waals surface area contributed by atoms with Gasteiger partial charge in [0.25, 0.3) is 0 Å². The van der Waals surface area contributed by atoms with E-state index in [-0.39, 0.29) is 0 Å². The zero-order valence-corrected chi connectivity index (χ0v) is 11.1. The van der Waals surface area contributed by atoms with Crippen LogP contribution in [0.1, 0.15) is 84.5 Å². The summed E-state index contributed by atoms with van der Waals surface area (Å²) in [6.45, 7) is 8.54. The lowest BCUT2D eigenvalue weighted by Crippen LogP contribution is -1.98. The van der Waals surface area contributed by atoms with E-state index in [1.165, 1.54) is 64.2 Å². The topological polar surface area (TPSA) is 0 Å². The monoisotopic (exact) mass is 211 g/mol. The fourth-order valence-electron chi connectivity index (χ4n) is 2.20. The summed E-state index contributed by atoms with van der Waals surface area (Å²) in [5, 5.41) is 0. The van der Waals surface area contributed by atoms with Crippen molar-refractivity contribution in [1.82, 2.24) is 0 Å². The molecular weight excluding hydrogens is 180 g/mol. The van der Waals surface area contributed by atoms with Crippen molar-refractivity contribution >= 4 is 0 Å². The first-order chi connectivity index (χ1) is 7.35. The maximum Gasteiger partial charge on any atom is -0.0417 e. The smallest absolute Gasteiger partial charge is 0.0417 e. The molecule has 0 saturated heterocycles. The van der Waals surface area contributed by atoms with Crippen LogP contribution in [0.3, 0.4) is 0 Å². The lowest BCUT2D eigenvalue weighted by molar-refractivity contribution is 0.402. The lowest BCUT2D eigenvalue weighted by atomic mass is 9.93. The van der Waals surface area contributed by atoms with Gasteiger partial charge in [-0.05, 0) is 5.92 Å². The van der Waals surface area contributed by atoms with Gasteiger partial charge in [0.15, 0.2) is 0 Å². The van der Waals surface area contributed by atoms with Crippen molar-refractivity contribution in [3.8, 4) is 0 Å². The van der Waals surface area contributed by atoms with E-state index in [9.17, 15) is 0 Å². The zero-order valence-electron chi connectivity index (χ0n) is 11.1. The van der Waals surface area contributed by atoms with Crippen LogP contribution in [0.2, 0.25) is 0 Å². The zero-order chi connectivity index (χ0) is 11.4. The summed E-state index contributed by atoms with van der Waals surface area (Å²) in [5.74, 6) is 0.984. The fraction of sp³-hybridized carbons (Fsp3) is 0.933. The largest absolute Gasteiger partial charge is 0.0654 e. The van der Waals surface area contributed by atoms with E-state index in [0.29, 0.717) is 0 Å². The third-order valence-corrected chi connectivity index (χ3v) is 3.41. The second kappa shape index (κ2) is 12.1. The van der Waals surface area contributed by atoms with Crippen LogP contribution >= 0.6 is 0 Å². The first-order valence-corrected chi connectivity index (χ1v) is 7.14. The minimum Gasteiger partial charge on any atom is -0.0654 e. The maximum absolute atomic E-state index is 3.92. The Hall–Kier alpha value is 0. The molecule has 15 heavy (non-hydrogen) atoms. The van der Waals surface area contributed by atoms with Crippen molar-refractivity contribution in [3.05, 3.63) is 6.92 Å². The molecule has 0 N–H and O–H groups in total. The van der Waals surface area contributed by atoms with Gasteiger partial charge in [-0.25, -0.2) is 0 Å². The van der Waals surface area contributed by atoms with Crippen LogP contribution in [0.25, 0.3) is 0 Å². The number of hydrogen-bond donors (Lipinski definition) is 0.